The van der Waals surface area contributed by atoms with Gasteiger partial charge in [-0.2, -0.15) is 0 Å². The molecule has 0 saturated heterocycles. The van der Waals surface area contributed by atoms with Crippen molar-refractivity contribution in [2.75, 3.05) is 0 Å². The highest BCUT2D eigenvalue weighted by Crippen LogP contribution is 2.68. The van der Waals surface area contributed by atoms with Crippen LogP contribution >= 0.6 is 0 Å². The minimum Gasteiger partial charge on any atom is -0.412 e. The monoisotopic (exact) mass is 374 g/mol. The van der Waals surface area contributed by atoms with Crippen molar-refractivity contribution in [1.29, 1.82) is 0 Å². The van der Waals surface area contributed by atoms with Gasteiger partial charge in [-0.05, 0) is 106 Å². The number of carbonyl (C=O) groups is 1. The predicted molar refractivity (Wildman–Crippen MR) is 109 cm³/mol. The van der Waals surface area contributed by atoms with Crippen LogP contribution in [0.25, 0.3) is 0 Å². The van der Waals surface area contributed by atoms with Crippen LogP contribution in [0.15, 0.2) is 12.2 Å². The molecule has 0 amide bonds. The fraction of sp³-hybridized carbons (Fsp3) is 0.870. The van der Waals surface area contributed by atoms with E-state index in [0.717, 1.165) is 24.2 Å². The number of allylic oxidation sites excluding steroid dienone is 2. The number of rotatable bonds is 2. The number of hydrogen-bond donors (Lipinski definition) is 0. The van der Waals surface area contributed by atoms with Crippen molar-refractivity contribution < 1.29 is 9.22 Å². The highest BCUT2D eigenvalue weighted by Gasteiger charge is 2.64. The zero-order valence-corrected chi connectivity index (χ0v) is 18.7. The Morgan fingerprint density at radius 1 is 1.00 bits per heavy atom. The Morgan fingerprint density at radius 2 is 1.69 bits per heavy atom. The van der Waals surface area contributed by atoms with E-state index in [0.29, 0.717) is 17.1 Å². The zero-order valence-electron chi connectivity index (χ0n) is 17.7. The molecule has 4 rings (SSSR count). The normalized spacial score (nSPS) is 50.9. The molecule has 7 atom stereocenters. The first-order valence-corrected chi connectivity index (χ1v) is 14.3. The molecular formula is C23H38O2Si. The zero-order chi connectivity index (χ0) is 19.0. The number of fused-ring (bicyclic) bond motifs is 5. The first kappa shape index (κ1) is 18.9. The first-order chi connectivity index (χ1) is 12.0. The van der Waals surface area contributed by atoms with Crippen molar-refractivity contribution in [3.05, 3.63) is 12.2 Å². The topological polar surface area (TPSA) is 26.3 Å². The summed E-state index contributed by atoms with van der Waals surface area (Å²) >= 11 is 0. The van der Waals surface area contributed by atoms with E-state index < -0.39 is 8.32 Å². The van der Waals surface area contributed by atoms with E-state index in [1.165, 1.54) is 38.5 Å². The average Bonchev–Trinajstić information content (AvgIpc) is 2.77. The van der Waals surface area contributed by atoms with Crippen molar-refractivity contribution in [1.82, 2.24) is 0 Å². The Hall–Kier alpha value is -0.413. The number of carbonyl (C=O) groups excluding carboxylic acids is 1. The van der Waals surface area contributed by atoms with E-state index in [4.69, 9.17) is 4.43 Å². The molecule has 0 aromatic rings. The lowest BCUT2D eigenvalue weighted by atomic mass is 9.45. The van der Waals surface area contributed by atoms with Crippen molar-refractivity contribution >= 4 is 14.1 Å². The van der Waals surface area contributed by atoms with Gasteiger partial charge in [0, 0.05) is 6.42 Å². The summed E-state index contributed by atoms with van der Waals surface area (Å²) in [5, 5.41) is 0. The Kier molecular flexibility index (Phi) is 4.22. The lowest BCUT2D eigenvalue weighted by molar-refractivity contribution is -0.131. The van der Waals surface area contributed by atoms with Crippen LogP contribution in [0.5, 0.6) is 0 Å². The summed E-state index contributed by atoms with van der Waals surface area (Å²) in [5.41, 5.74) is 0.631. The average molecular weight is 375 g/mol. The molecule has 3 saturated carbocycles. The molecule has 3 fully saturated rings. The fourth-order valence-electron chi connectivity index (χ4n) is 7.70. The number of hydrogen-bond acceptors (Lipinski definition) is 2. The van der Waals surface area contributed by atoms with Crippen LogP contribution in [0.3, 0.4) is 0 Å². The molecule has 0 heterocycles. The molecular weight excluding hydrogens is 336 g/mol. The van der Waals surface area contributed by atoms with Gasteiger partial charge in [-0.1, -0.05) is 19.9 Å². The summed E-state index contributed by atoms with van der Waals surface area (Å²) in [5.74, 6) is 3.31. The van der Waals surface area contributed by atoms with E-state index in [2.05, 4.69) is 46.5 Å². The van der Waals surface area contributed by atoms with Crippen LogP contribution in [-0.2, 0) is 9.22 Å². The second-order valence-electron chi connectivity index (χ2n) is 11.5. The largest absolute Gasteiger partial charge is 0.412 e. The second kappa shape index (κ2) is 5.79. The molecule has 0 bridgehead atoms. The summed E-state index contributed by atoms with van der Waals surface area (Å²) in [7, 11) is -1.56. The van der Waals surface area contributed by atoms with Gasteiger partial charge < -0.3 is 4.43 Å². The molecule has 0 aliphatic heterocycles. The Labute approximate surface area is 161 Å². The SMILES string of the molecule is CC12C=CC(=O)C[C@H]1CCC1C2CCC2(C)C1CC[C@@]2(C)O[Si](C)(C)C. The van der Waals surface area contributed by atoms with Crippen molar-refractivity contribution in [2.45, 2.75) is 91.0 Å². The maximum atomic E-state index is 12.0. The van der Waals surface area contributed by atoms with E-state index >= 15 is 0 Å². The smallest absolute Gasteiger partial charge is 0.184 e. The molecule has 4 aliphatic rings. The van der Waals surface area contributed by atoms with Gasteiger partial charge in [-0.25, -0.2) is 0 Å². The molecule has 26 heavy (non-hydrogen) atoms. The Balaban J connectivity index is 1.64. The fourth-order valence-corrected chi connectivity index (χ4v) is 9.39. The molecule has 0 radical (unpaired) electrons. The van der Waals surface area contributed by atoms with Crippen LogP contribution < -0.4 is 0 Å². The van der Waals surface area contributed by atoms with Gasteiger partial charge in [0.2, 0.25) is 0 Å². The Bertz CT molecular complexity index is 635. The van der Waals surface area contributed by atoms with Gasteiger partial charge >= 0.3 is 0 Å². The van der Waals surface area contributed by atoms with Gasteiger partial charge in [0.05, 0.1) is 5.60 Å². The van der Waals surface area contributed by atoms with E-state index in [-0.39, 0.29) is 11.0 Å². The lowest BCUT2D eigenvalue weighted by Gasteiger charge is -2.60. The van der Waals surface area contributed by atoms with Crippen LogP contribution in [0.1, 0.15) is 65.7 Å². The van der Waals surface area contributed by atoms with Crippen molar-refractivity contribution in [3.8, 4) is 0 Å². The van der Waals surface area contributed by atoms with Crippen LogP contribution in [-0.4, -0.2) is 19.7 Å². The summed E-state index contributed by atoms with van der Waals surface area (Å²) in [6.45, 7) is 14.5. The lowest BCUT2D eigenvalue weighted by Crippen LogP contribution is -2.57. The quantitative estimate of drug-likeness (QED) is 0.555. The van der Waals surface area contributed by atoms with Crippen LogP contribution in [0, 0.1) is 34.5 Å². The van der Waals surface area contributed by atoms with Crippen molar-refractivity contribution in [3.63, 3.8) is 0 Å². The molecule has 5 unspecified atom stereocenters. The highest BCUT2D eigenvalue weighted by molar-refractivity contribution is 6.69. The van der Waals surface area contributed by atoms with Gasteiger partial charge in [0.25, 0.3) is 0 Å². The standard InChI is InChI=1S/C23H38O2Si/c1-21-12-9-17(24)15-16(21)7-8-18-19(21)10-13-22(2)20(18)11-14-23(22,3)25-26(4,5)6/h9,12,16,18-20H,7-8,10-11,13-15H2,1-6H3/t16-,18?,19?,20?,21?,22?,23-/m1/s1. The molecule has 0 aromatic heterocycles. The molecule has 3 heteroatoms. The first-order valence-electron chi connectivity index (χ1n) is 10.9. The van der Waals surface area contributed by atoms with Crippen LogP contribution in [0.4, 0.5) is 0 Å². The predicted octanol–water partition coefficient (Wildman–Crippen LogP) is 5.98. The third kappa shape index (κ3) is 2.63. The van der Waals surface area contributed by atoms with Crippen molar-refractivity contribution in [2.24, 2.45) is 34.5 Å². The molecule has 0 aromatic carbocycles. The van der Waals surface area contributed by atoms with E-state index in [1.54, 1.807) is 0 Å². The van der Waals surface area contributed by atoms with Gasteiger partial charge in [0.15, 0.2) is 14.1 Å². The minimum atomic E-state index is -1.56. The second-order valence-corrected chi connectivity index (χ2v) is 15.9. The number of ketones is 1. The summed E-state index contributed by atoms with van der Waals surface area (Å²) < 4.78 is 6.86. The van der Waals surface area contributed by atoms with E-state index in [9.17, 15) is 4.79 Å². The molecule has 0 N–H and O–H groups in total. The summed E-state index contributed by atoms with van der Waals surface area (Å²) in [6, 6.07) is 0. The molecule has 146 valence electrons. The summed E-state index contributed by atoms with van der Waals surface area (Å²) in [6.07, 6.45) is 12.8. The van der Waals surface area contributed by atoms with Crippen LogP contribution in [0.2, 0.25) is 19.6 Å². The highest BCUT2D eigenvalue weighted by atomic mass is 28.4. The third-order valence-corrected chi connectivity index (χ3v) is 10.2. The van der Waals surface area contributed by atoms with Gasteiger partial charge in [-0.3, -0.25) is 4.79 Å². The maximum Gasteiger partial charge on any atom is 0.184 e. The molecule has 2 nitrogen and oxygen atoms in total. The Morgan fingerprint density at radius 3 is 2.38 bits per heavy atom. The van der Waals surface area contributed by atoms with Gasteiger partial charge in [-0.15, -0.1) is 0 Å². The minimum absolute atomic E-state index is 0.0588. The third-order valence-electron chi connectivity index (χ3n) is 9.10. The van der Waals surface area contributed by atoms with E-state index in [1.807, 2.05) is 6.08 Å². The molecule has 4 aliphatic carbocycles. The van der Waals surface area contributed by atoms with Gasteiger partial charge in [0.1, 0.15) is 0 Å². The maximum absolute atomic E-state index is 12.0. The summed E-state index contributed by atoms with van der Waals surface area (Å²) in [4.78, 5) is 12.0. The molecule has 0 spiro atoms.